The van der Waals surface area contributed by atoms with Gasteiger partial charge in [0.25, 0.3) is 0 Å². The minimum absolute atomic E-state index is 0.392. The number of halogens is 2. The van der Waals surface area contributed by atoms with Crippen LogP contribution in [0.5, 0.6) is 0 Å². The molecule has 0 spiro atoms. The van der Waals surface area contributed by atoms with Gasteiger partial charge in [0.15, 0.2) is 5.82 Å². The van der Waals surface area contributed by atoms with Crippen molar-refractivity contribution in [1.82, 2.24) is 10.1 Å². The molecular formula is C10H9Cl2N3O. The van der Waals surface area contributed by atoms with E-state index in [0.717, 1.165) is 5.56 Å². The van der Waals surface area contributed by atoms with Gasteiger partial charge in [-0.25, -0.2) is 0 Å². The summed E-state index contributed by atoms with van der Waals surface area (Å²) in [5, 5.41) is 7.72. The van der Waals surface area contributed by atoms with E-state index in [1.807, 2.05) is 6.07 Å². The first-order valence-electron chi connectivity index (χ1n) is 4.63. The normalized spacial score (nSPS) is 10.4. The van der Waals surface area contributed by atoms with Crippen molar-refractivity contribution in [3.63, 3.8) is 0 Å². The maximum atomic E-state index is 5.89. The van der Waals surface area contributed by atoms with Crippen molar-refractivity contribution in [2.45, 2.75) is 13.5 Å². The molecule has 6 heteroatoms. The van der Waals surface area contributed by atoms with E-state index < -0.39 is 0 Å². The summed E-state index contributed by atoms with van der Waals surface area (Å²) < 4.78 is 4.91. The molecule has 0 saturated heterocycles. The smallest absolute Gasteiger partial charge is 0.321 e. The highest BCUT2D eigenvalue weighted by atomic mass is 35.5. The lowest BCUT2D eigenvalue weighted by molar-refractivity contribution is 0.425. The van der Waals surface area contributed by atoms with Gasteiger partial charge < -0.3 is 9.84 Å². The summed E-state index contributed by atoms with van der Waals surface area (Å²) in [7, 11) is 0. The number of anilines is 1. The predicted octanol–water partition coefficient (Wildman–Crippen LogP) is 3.30. The molecule has 0 aliphatic rings. The molecule has 0 amide bonds. The molecular weight excluding hydrogens is 249 g/mol. The minimum Gasteiger partial charge on any atom is -0.334 e. The number of aromatic nitrogens is 2. The van der Waals surface area contributed by atoms with Gasteiger partial charge in [-0.2, -0.15) is 4.98 Å². The molecule has 0 fully saturated rings. The number of hydrogen-bond acceptors (Lipinski definition) is 4. The highest BCUT2D eigenvalue weighted by Gasteiger charge is 2.03. The van der Waals surface area contributed by atoms with Crippen LogP contribution >= 0.6 is 23.2 Å². The Labute approximate surface area is 103 Å². The first-order valence-corrected chi connectivity index (χ1v) is 5.39. The molecule has 0 bridgehead atoms. The monoisotopic (exact) mass is 257 g/mol. The van der Waals surface area contributed by atoms with Gasteiger partial charge in [0.2, 0.25) is 0 Å². The van der Waals surface area contributed by atoms with Crippen molar-refractivity contribution >= 4 is 29.2 Å². The third kappa shape index (κ3) is 2.65. The van der Waals surface area contributed by atoms with Crippen LogP contribution in [0.2, 0.25) is 10.0 Å². The predicted molar refractivity (Wildman–Crippen MR) is 62.8 cm³/mol. The van der Waals surface area contributed by atoms with E-state index >= 15 is 0 Å². The van der Waals surface area contributed by atoms with Crippen LogP contribution < -0.4 is 5.32 Å². The second-order valence-electron chi connectivity index (χ2n) is 3.25. The van der Waals surface area contributed by atoms with Gasteiger partial charge >= 0.3 is 6.01 Å². The SMILES string of the molecule is Cc1noc(NCc2ccc(Cl)c(Cl)c2)n1. The molecule has 0 aliphatic heterocycles. The van der Waals surface area contributed by atoms with Crippen molar-refractivity contribution in [1.29, 1.82) is 0 Å². The Morgan fingerprint density at radius 3 is 2.75 bits per heavy atom. The molecule has 84 valence electrons. The topological polar surface area (TPSA) is 51.0 Å². The molecule has 4 nitrogen and oxygen atoms in total. The van der Waals surface area contributed by atoms with Gasteiger partial charge in [0.1, 0.15) is 0 Å². The van der Waals surface area contributed by atoms with Crippen molar-refractivity contribution in [2.75, 3.05) is 5.32 Å². The zero-order chi connectivity index (χ0) is 11.5. The van der Waals surface area contributed by atoms with Crippen molar-refractivity contribution < 1.29 is 4.52 Å². The largest absolute Gasteiger partial charge is 0.334 e. The second-order valence-corrected chi connectivity index (χ2v) is 4.06. The molecule has 0 radical (unpaired) electrons. The zero-order valence-corrected chi connectivity index (χ0v) is 10.0. The Hall–Kier alpha value is -1.26. The van der Waals surface area contributed by atoms with Crippen LogP contribution in [-0.2, 0) is 6.54 Å². The zero-order valence-electron chi connectivity index (χ0n) is 8.50. The summed E-state index contributed by atoms with van der Waals surface area (Å²) in [4.78, 5) is 4.02. The summed E-state index contributed by atoms with van der Waals surface area (Å²) in [5.74, 6) is 0.594. The Kier molecular flexibility index (Phi) is 3.31. The molecule has 1 heterocycles. The maximum Gasteiger partial charge on any atom is 0.321 e. The third-order valence-corrected chi connectivity index (χ3v) is 2.69. The summed E-state index contributed by atoms with van der Waals surface area (Å²) >= 11 is 11.7. The van der Waals surface area contributed by atoms with Crippen LogP contribution in [0.25, 0.3) is 0 Å². The van der Waals surface area contributed by atoms with Crippen LogP contribution in [0.15, 0.2) is 22.7 Å². The van der Waals surface area contributed by atoms with E-state index in [2.05, 4.69) is 15.5 Å². The number of benzene rings is 1. The summed E-state index contributed by atoms with van der Waals surface area (Å²) in [6, 6.07) is 5.81. The molecule has 16 heavy (non-hydrogen) atoms. The maximum absolute atomic E-state index is 5.89. The van der Waals surface area contributed by atoms with Crippen LogP contribution in [0.4, 0.5) is 6.01 Å². The Morgan fingerprint density at radius 2 is 2.12 bits per heavy atom. The van der Waals surface area contributed by atoms with E-state index in [1.54, 1.807) is 19.1 Å². The van der Waals surface area contributed by atoms with Gasteiger partial charge in [-0.3, -0.25) is 0 Å². The first-order chi connectivity index (χ1) is 7.65. The van der Waals surface area contributed by atoms with Gasteiger partial charge in [-0.15, -0.1) is 0 Å². The lowest BCUT2D eigenvalue weighted by atomic mass is 10.2. The second kappa shape index (κ2) is 4.72. The molecule has 0 atom stereocenters. The Morgan fingerprint density at radius 1 is 1.31 bits per heavy atom. The number of nitrogens with one attached hydrogen (secondary N) is 1. The molecule has 0 unspecified atom stereocenters. The molecule has 1 aromatic carbocycles. The fourth-order valence-corrected chi connectivity index (χ4v) is 1.52. The highest BCUT2D eigenvalue weighted by molar-refractivity contribution is 6.42. The molecule has 1 aromatic heterocycles. The average molecular weight is 258 g/mol. The first kappa shape index (κ1) is 11.2. The Balaban J connectivity index is 2.02. The van der Waals surface area contributed by atoms with E-state index in [0.29, 0.717) is 28.4 Å². The number of aryl methyl sites for hydroxylation is 1. The average Bonchev–Trinajstić information content (AvgIpc) is 2.66. The van der Waals surface area contributed by atoms with Gasteiger partial charge in [0.05, 0.1) is 10.0 Å². The molecule has 2 aromatic rings. The molecule has 1 N–H and O–H groups in total. The Bertz CT molecular complexity index is 499. The van der Waals surface area contributed by atoms with Crippen LogP contribution in [0.3, 0.4) is 0 Å². The van der Waals surface area contributed by atoms with Crippen LogP contribution in [0, 0.1) is 6.92 Å². The summed E-state index contributed by atoms with van der Waals surface area (Å²) in [6.45, 7) is 2.31. The molecule has 0 saturated carbocycles. The van der Waals surface area contributed by atoms with Crippen LogP contribution in [0.1, 0.15) is 11.4 Å². The van der Waals surface area contributed by atoms with Crippen molar-refractivity contribution in [3.8, 4) is 0 Å². The van der Waals surface area contributed by atoms with Crippen molar-refractivity contribution in [2.24, 2.45) is 0 Å². The number of hydrogen-bond donors (Lipinski definition) is 1. The lowest BCUT2D eigenvalue weighted by Gasteiger charge is -2.02. The fourth-order valence-electron chi connectivity index (χ4n) is 1.20. The summed E-state index contributed by atoms with van der Waals surface area (Å²) in [5.41, 5.74) is 0.991. The minimum atomic E-state index is 0.392. The van der Waals surface area contributed by atoms with Crippen LogP contribution in [-0.4, -0.2) is 10.1 Å². The molecule has 0 aliphatic carbocycles. The van der Waals surface area contributed by atoms with E-state index in [-0.39, 0.29) is 0 Å². The summed E-state index contributed by atoms with van der Waals surface area (Å²) in [6.07, 6.45) is 0. The third-order valence-electron chi connectivity index (χ3n) is 1.96. The van der Waals surface area contributed by atoms with E-state index in [4.69, 9.17) is 27.7 Å². The standard InChI is InChI=1S/C10H9Cl2N3O/c1-6-14-10(16-15-6)13-5-7-2-3-8(11)9(12)4-7/h2-4H,5H2,1H3,(H,13,14,15). The van der Waals surface area contributed by atoms with Gasteiger partial charge in [-0.1, -0.05) is 34.4 Å². The fraction of sp³-hybridized carbons (Fsp3) is 0.200. The lowest BCUT2D eigenvalue weighted by Crippen LogP contribution is -1.99. The molecule has 2 rings (SSSR count). The number of nitrogens with zero attached hydrogens (tertiary/aromatic N) is 2. The van der Waals surface area contributed by atoms with E-state index in [9.17, 15) is 0 Å². The van der Waals surface area contributed by atoms with Gasteiger partial charge in [0, 0.05) is 6.54 Å². The van der Waals surface area contributed by atoms with Crippen molar-refractivity contribution in [3.05, 3.63) is 39.6 Å². The van der Waals surface area contributed by atoms with E-state index in [1.165, 1.54) is 0 Å². The highest BCUT2D eigenvalue weighted by Crippen LogP contribution is 2.22. The van der Waals surface area contributed by atoms with Gasteiger partial charge in [-0.05, 0) is 24.6 Å². The quantitative estimate of drug-likeness (QED) is 0.917. The number of rotatable bonds is 3.